The smallest absolute Gasteiger partial charge is 0.319 e. The van der Waals surface area contributed by atoms with Crippen LogP contribution in [0.25, 0.3) is 0 Å². The second kappa shape index (κ2) is 5.86. The highest BCUT2D eigenvalue weighted by molar-refractivity contribution is 5.89. The van der Waals surface area contributed by atoms with Crippen LogP contribution in [0.2, 0.25) is 0 Å². The fourth-order valence-corrected chi connectivity index (χ4v) is 1.52. The summed E-state index contributed by atoms with van der Waals surface area (Å²) >= 11 is 0. The van der Waals surface area contributed by atoms with E-state index in [1.807, 2.05) is 30.3 Å². The van der Waals surface area contributed by atoms with Gasteiger partial charge < -0.3 is 15.1 Å². The van der Waals surface area contributed by atoms with Crippen molar-refractivity contribution in [1.29, 1.82) is 0 Å². The molecule has 0 saturated carbocycles. The van der Waals surface area contributed by atoms with Crippen LogP contribution in [0.15, 0.2) is 41.0 Å². The Hall–Kier alpha value is -2.30. The molecule has 2 amide bonds. The first-order chi connectivity index (χ1) is 8.74. The zero-order valence-electron chi connectivity index (χ0n) is 10.1. The summed E-state index contributed by atoms with van der Waals surface area (Å²) < 4.78 is 5.08. The first kappa shape index (κ1) is 12.2. The second-order valence-electron chi connectivity index (χ2n) is 3.85. The summed E-state index contributed by atoms with van der Waals surface area (Å²) in [4.78, 5) is 15.7. The van der Waals surface area contributed by atoms with Gasteiger partial charge in [0.1, 0.15) is 6.26 Å². The number of para-hydroxylation sites is 1. The lowest BCUT2D eigenvalue weighted by atomic mass is 10.3. The van der Waals surface area contributed by atoms with Crippen LogP contribution in [0.1, 0.15) is 11.6 Å². The number of oxazole rings is 1. The molecule has 5 nitrogen and oxygen atoms in total. The van der Waals surface area contributed by atoms with Gasteiger partial charge in [-0.1, -0.05) is 18.2 Å². The van der Waals surface area contributed by atoms with Gasteiger partial charge in [0.2, 0.25) is 0 Å². The van der Waals surface area contributed by atoms with E-state index in [0.29, 0.717) is 18.9 Å². The average molecular weight is 245 g/mol. The third-order valence-electron chi connectivity index (χ3n) is 2.36. The predicted octanol–water partition coefficient (Wildman–Crippen LogP) is 2.35. The predicted molar refractivity (Wildman–Crippen MR) is 68.4 cm³/mol. The fraction of sp³-hybridized carbons (Fsp3) is 0.231. The second-order valence-corrected chi connectivity index (χ2v) is 3.85. The number of amides is 2. The number of aromatic nitrogens is 1. The van der Waals surface area contributed by atoms with Gasteiger partial charge in [0.15, 0.2) is 5.89 Å². The minimum atomic E-state index is -0.221. The third-order valence-corrected chi connectivity index (χ3v) is 2.36. The molecule has 0 aliphatic heterocycles. The number of rotatable bonds is 4. The van der Waals surface area contributed by atoms with E-state index in [1.165, 1.54) is 0 Å². The van der Waals surface area contributed by atoms with Gasteiger partial charge in [-0.15, -0.1) is 0 Å². The largest absolute Gasteiger partial charge is 0.449 e. The van der Waals surface area contributed by atoms with Gasteiger partial charge in [-0.05, 0) is 12.1 Å². The van der Waals surface area contributed by atoms with Crippen molar-refractivity contribution in [2.75, 3.05) is 11.9 Å². The number of aryl methyl sites for hydroxylation is 1. The molecule has 0 spiro atoms. The van der Waals surface area contributed by atoms with Crippen molar-refractivity contribution in [1.82, 2.24) is 10.3 Å². The molecule has 5 heteroatoms. The lowest BCUT2D eigenvalue weighted by molar-refractivity contribution is 0.252. The van der Waals surface area contributed by atoms with Crippen molar-refractivity contribution in [2.24, 2.45) is 0 Å². The number of hydrogen-bond donors (Lipinski definition) is 2. The van der Waals surface area contributed by atoms with Crippen molar-refractivity contribution in [3.8, 4) is 0 Å². The maximum absolute atomic E-state index is 11.5. The Morgan fingerprint density at radius 2 is 2.11 bits per heavy atom. The highest BCUT2D eigenvalue weighted by Gasteiger charge is 2.02. The molecule has 94 valence electrons. The van der Waals surface area contributed by atoms with Crippen molar-refractivity contribution in [3.05, 3.63) is 48.2 Å². The lowest BCUT2D eigenvalue weighted by Gasteiger charge is -2.06. The molecule has 0 aliphatic carbocycles. The summed E-state index contributed by atoms with van der Waals surface area (Å²) in [7, 11) is 0. The molecule has 0 aliphatic rings. The van der Waals surface area contributed by atoms with Crippen LogP contribution >= 0.6 is 0 Å². The monoisotopic (exact) mass is 245 g/mol. The Labute approximate surface area is 105 Å². The molecular formula is C13H15N3O2. The van der Waals surface area contributed by atoms with E-state index < -0.39 is 0 Å². The topological polar surface area (TPSA) is 67.2 Å². The highest BCUT2D eigenvalue weighted by Crippen LogP contribution is 2.04. The van der Waals surface area contributed by atoms with Gasteiger partial charge in [0.05, 0.1) is 5.69 Å². The van der Waals surface area contributed by atoms with Crippen LogP contribution in [-0.2, 0) is 6.42 Å². The van der Waals surface area contributed by atoms with Crippen molar-refractivity contribution >= 4 is 11.7 Å². The molecule has 0 unspecified atom stereocenters. The number of anilines is 1. The molecule has 0 fully saturated rings. The molecule has 2 aromatic rings. The SMILES string of the molecule is Cc1nc(CCNC(=O)Nc2ccccc2)co1. The fourth-order valence-electron chi connectivity index (χ4n) is 1.52. The summed E-state index contributed by atoms with van der Waals surface area (Å²) in [5, 5.41) is 5.50. The quantitative estimate of drug-likeness (QED) is 0.868. The van der Waals surface area contributed by atoms with Gasteiger partial charge in [-0.3, -0.25) is 0 Å². The number of benzene rings is 1. The molecule has 18 heavy (non-hydrogen) atoms. The summed E-state index contributed by atoms with van der Waals surface area (Å²) in [6, 6.07) is 9.08. The maximum Gasteiger partial charge on any atom is 0.319 e. The Kier molecular flexibility index (Phi) is 3.96. The van der Waals surface area contributed by atoms with E-state index in [-0.39, 0.29) is 6.03 Å². The average Bonchev–Trinajstić information content (AvgIpc) is 2.76. The number of nitrogens with zero attached hydrogens (tertiary/aromatic N) is 1. The van der Waals surface area contributed by atoms with Crippen LogP contribution in [0.5, 0.6) is 0 Å². The highest BCUT2D eigenvalue weighted by atomic mass is 16.3. The Bertz CT molecular complexity index is 508. The number of urea groups is 1. The molecule has 0 bridgehead atoms. The number of carbonyl (C=O) groups is 1. The van der Waals surface area contributed by atoms with Gasteiger partial charge in [0.25, 0.3) is 0 Å². The lowest BCUT2D eigenvalue weighted by Crippen LogP contribution is -2.30. The van der Waals surface area contributed by atoms with E-state index in [9.17, 15) is 4.79 Å². The Balaban J connectivity index is 1.72. The van der Waals surface area contributed by atoms with Crippen molar-refractivity contribution < 1.29 is 9.21 Å². The van der Waals surface area contributed by atoms with E-state index in [0.717, 1.165) is 11.4 Å². The van der Waals surface area contributed by atoms with Gasteiger partial charge in [0, 0.05) is 25.6 Å². The van der Waals surface area contributed by atoms with Gasteiger partial charge >= 0.3 is 6.03 Å². The standard InChI is InChI=1S/C13H15N3O2/c1-10-15-12(9-18-10)7-8-14-13(17)16-11-5-3-2-4-6-11/h2-6,9H,7-8H2,1H3,(H2,14,16,17). The number of hydrogen-bond acceptors (Lipinski definition) is 3. The summed E-state index contributed by atoms with van der Waals surface area (Å²) in [5.41, 5.74) is 1.61. The van der Waals surface area contributed by atoms with Gasteiger partial charge in [-0.25, -0.2) is 9.78 Å². The summed E-state index contributed by atoms with van der Waals surface area (Å²) in [5.74, 6) is 0.638. The van der Waals surface area contributed by atoms with Crippen LogP contribution < -0.4 is 10.6 Å². The Morgan fingerprint density at radius 1 is 1.33 bits per heavy atom. The summed E-state index contributed by atoms with van der Waals surface area (Å²) in [6.07, 6.45) is 2.26. The van der Waals surface area contributed by atoms with Crippen LogP contribution in [0.3, 0.4) is 0 Å². The van der Waals surface area contributed by atoms with Crippen LogP contribution in [0, 0.1) is 6.92 Å². The molecule has 1 heterocycles. The molecule has 0 atom stereocenters. The van der Waals surface area contributed by atoms with E-state index in [2.05, 4.69) is 15.6 Å². The molecule has 2 N–H and O–H groups in total. The molecule has 0 saturated heterocycles. The minimum Gasteiger partial charge on any atom is -0.449 e. The first-order valence-electron chi connectivity index (χ1n) is 5.75. The molecular weight excluding hydrogens is 230 g/mol. The van der Waals surface area contributed by atoms with E-state index >= 15 is 0 Å². The van der Waals surface area contributed by atoms with E-state index in [1.54, 1.807) is 13.2 Å². The molecule has 2 rings (SSSR count). The molecule has 1 aromatic carbocycles. The van der Waals surface area contributed by atoms with Crippen LogP contribution in [0.4, 0.5) is 10.5 Å². The van der Waals surface area contributed by atoms with Crippen molar-refractivity contribution in [2.45, 2.75) is 13.3 Å². The first-order valence-corrected chi connectivity index (χ1v) is 5.75. The molecule has 1 aromatic heterocycles. The minimum absolute atomic E-state index is 0.221. The Morgan fingerprint density at radius 3 is 2.78 bits per heavy atom. The third kappa shape index (κ3) is 3.62. The zero-order chi connectivity index (χ0) is 12.8. The maximum atomic E-state index is 11.5. The summed E-state index contributed by atoms with van der Waals surface area (Å²) in [6.45, 7) is 2.31. The zero-order valence-corrected chi connectivity index (χ0v) is 10.1. The number of nitrogens with one attached hydrogen (secondary N) is 2. The normalized spacial score (nSPS) is 10.1. The van der Waals surface area contributed by atoms with Crippen molar-refractivity contribution in [3.63, 3.8) is 0 Å². The molecule has 0 radical (unpaired) electrons. The van der Waals surface area contributed by atoms with Crippen LogP contribution in [-0.4, -0.2) is 17.6 Å². The van der Waals surface area contributed by atoms with Gasteiger partial charge in [-0.2, -0.15) is 0 Å². The number of carbonyl (C=O) groups excluding carboxylic acids is 1. The van der Waals surface area contributed by atoms with E-state index in [4.69, 9.17) is 4.42 Å².